The monoisotopic (exact) mass is 167 g/mol. The van der Waals surface area contributed by atoms with Crippen molar-refractivity contribution in [2.75, 3.05) is 20.6 Å². The van der Waals surface area contributed by atoms with Crippen LogP contribution in [0.15, 0.2) is 29.0 Å². The van der Waals surface area contributed by atoms with Crippen molar-refractivity contribution in [1.82, 2.24) is 4.90 Å². The quantitative estimate of drug-likeness (QED) is 0.634. The molecule has 2 N–H and O–H groups in total. The fourth-order valence-electron chi connectivity index (χ4n) is 0.756. The molecule has 0 aliphatic heterocycles. The molecular formula is C9H17N3. The van der Waals surface area contributed by atoms with Crippen molar-refractivity contribution in [3.05, 3.63) is 24.0 Å². The summed E-state index contributed by atoms with van der Waals surface area (Å²) < 4.78 is 0. The molecule has 0 unspecified atom stereocenters. The van der Waals surface area contributed by atoms with Crippen LogP contribution >= 0.6 is 0 Å². The first-order valence-corrected chi connectivity index (χ1v) is 3.82. The number of nitrogens with two attached hydrogens (primary N) is 1. The second kappa shape index (κ2) is 5.41. The molecule has 0 fully saturated rings. The van der Waals surface area contributed by atoms with E-state index in [0.29, 0.717) is 0 Å². The lowest BCUT2D eigenvalue weighted by Crippen LogP contribution is -2.17. The summed E-state index contributed by atoms with van der Waals surface area (Å²) in [4.78, 5) is 5.87. The van der Waals surface area contributed by atoms with Gasteiger partial charge < -0.3 is 10.6 Å². The lowest BCUT2D eigenvalue weighted by Gasteiger charge is -2.14. The largest absolute Gasteiger partial charge is 0.402 e. The van der Waals surface area contributed by atoms with E-state index in [2.05, 4.69) is 11.6 Å². The van der Waals surface area contributed by atoms with Crippen LogP contribution in [-0.4, -0.2) is 31.8 Å². The van der Waals surface area contributed by atoms with E-state index in [4.69, 9.17) is 5.73 Å². The molecule has 3 nitrogen and oxygen atoms in total. The van der Waals surface area contributed by atoms with Gasteiger partial charge in [-0.25, -0.2) is 0 Å². The predicted octanol–water partition coefficient (Wildman–Crippen LogP) is 0.995. The maximum absolute atomic E-state index is 5.65. The van der Waals surface area contributed by atoms with Crippen molar-refractivity contribution in [3.63, 3.8) is 0 Å². The topological polar surface area (TPSA) is 41.6 Å². The van der Waals surface area contributed by atoms with Crippen molar-refractivity contribution in [1.29, 1.82) is 0 Å². The lowest BCUT2D eigenvalue weighted by atomic mass is 10.2. The summed E-state index contributed by atoms with van der Waals surface area (Å²) in [5.41, 5.74) is 7.48. The molecule has 0 heterocycles. The van der Waals surface area contributed by atoms with Gasteiger partial charge in [-0.05, 0) is 13.1 Å². The van der Waals surface area contributed by atoms with Gasteiger partial charge in [-0.2, -0.15) is 0 Å². The molecule has 0 amide bonds. The van der Waals surface area contributed by atoms with Gasteiger partial charge in [0.05, 0.1) is 0 Å². The van der Waals surface area contributed by atoms with Gasteiger partial charge in [0.15, 0.2) is 0 Å². The van der Waals surface area contributed by atoms with Crippen LogP contribution in [0.1, 0.15) is 6.92 Å². The maximum atomic E-state index is 5.65. The standard InChI is InChI=1S/C9H17N3/c1-5-12(4)7-9(6-11-3)8(2)10/h5-6H,1,7,10H2,2-4H3/b9-8+,11-6?. The molecule has 0 saturated carbocycles. The first-order valence-electron chi connectivity index (χ1n) is 3.82. The van der Waals surface area contributed by atoms with Gasteiger partial charge >= 0.3 is 0 Å². The number of likely N-dealkylation sites (N-methyl/N-ethyl adjacent to an activating group) is 1. The highest BCUT2D eigenvalue weighted by Gasteiger charge is 1.98. The number of allylic oxidation sites excluding steroid dienone is 1. The fourth-order valence-corrected chi connectivity index (χ4v) is 0.756. The Morgan fingerprint density at radius 1 is 1.67 bits per heavy atom. The Bertz CT molecular complexity index is 200. The molecule has 0 saturated heterocycles. The lowest BCUT2D eigenvalue weighted by molar-refractivity contribution is 0.504. The van der Waals surface area contributed by atoms with Crippen LogP contribution in [0.2, 0.25) is 0 Å². The van der Waals surface area contributed by atoms with E-state index >= 15 is 0 Å². The van der Waals surface area contributed by atoms with E-state index < -0.39 is 0 Å². The van der Waals surface area contributed by atoms with Gasteiger partial charge in [0.2, 0.25) is 0 Å². The highest BCUT2D eigenvalue weighted by Crippen LogP contribution is 1.98. The molecule has 0 aromatic heterocycles. The molecule has 12 heavy (non-hydrogen) atoms. The molecule has 0 spiro atoms. The Kier molecular flexibility index (Phi) is 4.84. The number of nitrogens with zero attached hydrogens (tertiary/aromatic N) is 2. The SMILES string of the molecule is C=CN(C)C/C(C=NC)=C(\C)N. The Hall–Kier alpha value is -1.25. The fraction of sp³-hybridized carbons (Fsp3) is 0.444. The third-order valence-electron chi connectivity index (χ3n) is 1.52. The molecule has 0 aromatic carbocycles. The van der Waals surface area contributed by atoms with Crippen LogP contribution in [0.3, 0.4) is 0 Å². The second-order valence-corrected chi connectivity index (χ2v) is 2.69. The first-order chi connectivity index (χ1) is 5.61. The van der Waals surface area contributed by atoms with E-state index in [0.717, 1.165) is 17.8 Å². The molecule has 0 aliphatic carbocycles. The Labute approximate surface area is 74.3 Å². The molecule has 0 bridgehead atoms. The summed E-state index contributed by atoms with van der Waals surface area (Å²) in [6, 6.07) is 0. The predicted molar refractivity (Wildman–Crippen MR) is 54.1 cm³/mol. The summed E-state index contributed by atoms with van der Waals surface area (Å²) in [5, 5.41) is 0. The number of hydrogen-bond acceptors (Lipinski definition) is 3. The van der Waals surface area contributed by atoms with E-state index in [1.54, 1.807) is 19.5 Å². The summed E-state index contributed by atoms with van der Waals surface area (Å²) >= 11 is 0. The average molecular weight is 167 g/mol. The third-order valence-corrected chi connectivity index (χ3v) is 1.52. The van der Waals surface area contributed by atoms with E-state index in [-0.39, 0.29) is 0 Å². The van der Waals surface area contributed by atoms with E-state index in [9.17, 15) is 0 Å². The van der Waals surface area contributed by atoms with E-state index in [1.165, 1.54) is 0 Å². The highest BCUT2D eigenvalue weighted by atomic mass is 15.1. The van der Waals surface area contributed by atoms with Gasteiger partial charge in [-0.3, -0.25) is 4.99 Å². The van der Waals surface area contributed by atoms with Crippen molar-refractivity contribution >= 4 is 6.21 Å². The summed E-state index contributed by atoms with van der Waals surface area (Å²) in [5.74, 6) is 0. The second-order valence-electron chi connectivity index (χ2n) is 2.69. The van der Waals surface area contributed by atoms with Crippen LogP contribution in [0, 0.1) is 0 Å². The molecule has 0 radical (unpaired) electrons. The van der Waals surface area contributed by atoms with Crippen LogP contribution in [0.5, 0.6) is 0 Å². The van der Waals surface area contributed by atoms with Crippen LogP contribution in [0.4, 0.5) is 0 Å². The van der Waals surface area contributed by atoms with Gasteiger partial charge in [-0.1, -0.05) is 6.58 Å². The van der Waals surface area contributed by atoms with Crippen LogP contribution in [-0.2, 0) is 0 Å². The third kappa shape index (κ3) is 3.81. The molecule has 0 aliphatic rings. The molecule has 3 heteroatoms. The Morgan fingerprint density at radius 3 is 2.58 bits per heavy atom. The van der Waals surface area contributed by atoms with Crippen molar-refractivity contribution in [2.24, 2.45) is 10.7 Å². The minimum atomic E-state index is 0.753. The number of hydrogen-bond donors (Lipinski definition) is 1. The zero-order valence-electron chi connectivity index (χ0n) is 8.04. The number of aliphatic imine (C=N–C) groups is 1. The van der Waals surface area contributed by atoms with Crippen molar-refractivity contribution in [3.8, 4) is 0 Å². The highest BCUT2D eigenvalue weighted by molar-refractivity contribution is 5.79. The Balaban J connectivity index is 4.35. The average Bonchev–Trinajstić information content (AvgIpc) is 2.03. The minimum Gasteiger partial charge on any atom is -0.402 e. The van der Waals surface area contributed by atoms with Gasteiger partial charge in [-0.15, -0.1) is 0 Å². The zero-order valence-corrected chi connectivity index (χ0v) is 8.04. The molecule has 68 valence electrons. The molecule has 0 atom stereocenters. The normalized spacial score (nSPS) is 12.9. The first kappa shape index (κ1) is 10.8. The van der Waals surface area contributed by atoms with E-state index in [1.807, 2.05) is 18.9 Å². The summed E-state index contributed by atoms with van der Waals surface area (Å²) in [7, 11) is 3.68. The molecule has 0 aromatic rings. The zero-order chi connectivity index (χ0) is 9.56. The summed E-state index contributed by atoms with van der Waals surface area (Å²) in [6.07, 6.45) is 3.53. The number of rotatable bonds is 4. The van der Waals surface area contributed by atoms with Crippen LogP contribution < -0.4 is 5.73 Å². The van der Waals surface area contributed by atoms with Crippen molar-refractivity contribution < 1.29 is 0 Å². The minimum absolute atomic E-state index is 0.753. The molecular weight excluding hydrogens is 150 g/mol. The Morgan fingerprint density at radius 2 is 2.25 bits per heavy atom. The van der Waals surface area contributed by atoms with Gasteiger partial charge in [0.1, 0.15) is 0 Å². The smallest absolute Gasteiger partial charge is 0.0452 e. The molecule has 0 rings (SSSR count). The van der Waals surface area contributed by atoms with Gasteiger partial charge in [0.25, 0.3) is 0 Å². The maximum Gasteiger partial charge on any atom is 0.0452 e. The van der Waals surface area contributed by atoms with Crippen molar-refractivity contribution in [2.45, 2.75) is 6.92 Å². The summed E-state index contributed by atoms with van der Waals surface area (Å²) in [6.45, 7) is 6.27. The van der Waals surface area contributed by atoms with Crippen LogP contribution in [0.25, 0.3) is 0 Å². The van der Waals surface area contributed by atoms with Gasteiger partial charge in [0, 0.05) is 38.1 Å².